The molecule has 0 unspecified atom stereocenters. The SMILES string of the molecule is [2H]C([2H])([2H])[n+]1c2ccccc2n2cc3n(c21)Cc1ccncc1-3. The topological polar surface area (TPSA) is 26.1 Å². The fourth-order valence-corrected chi connectivity index (χ4v) is 3.19. The molecule has 0 atom stereocenters. The van der Waals surface area contributed by atoms with Crippen LogP contribution >= 0.6 is 0 Å². The number of aromatic nitrogens is 4. The number of nitrogens with zero attached hydrogens (tertiary/aromatic N) is 4. The summed E-state index contributed by atoms with van der Waals surface area (Å²) in [6.45, 7) is -1.58. The molecule has 0 saturated carbocycles. The molecular formula is C16H13N4+. The van der Waals surface area contributed by atoms with Gasteiger partial charge in [-0.05, 0) is 18.2 Å². The highest BCUT2D eigenvalue weighted by molar-refractivity contribution is 5.78. The van der Waals surface area contributed by atoms with E-state index in [0.717, 1.165) is 16.8 Å². The second-order valence-corrected chi connectivity index (χ2v) is 5.13. The number of benzene rings is 1. The van der Waals surface area contributed by atoms with Crippen molar-refractivity contribution < 1.29 is 8.68 Å². The van der Waals surface area contributed by atoms with Crippen molar-refractivity contribution in [2.45, 2.75) is 6.54 Å². The van der Waals surface area contributed by atoms with Crippen LogP contribution in [-0.2, 0) is 13.5 Å². The third kappa shape index (κ3) is 1.04. The first-order valence-corrected chi connectivity index (χ1v) is 6.54. The lowest BCUT2D eigenvalue weighted by Gasteiger charge is -1.93. The van der Waals surface area contributed by atoms with Crippen molar-refractivity contribution in [1.82, 2.24) is 14.0 Å². The second kappa shape index (κ2) is 3.28. The summed E-state index contributed by atoms with van der Waals surface area (Å²) in [7, 11) is 0. The Morgan fingerprint density at radius 3 is 3.20 bits per heavy atom. The molecule has 0 spiro atoms. The highest BCUT2D eigenvalue weighted by Gasteiger charge is 2.30. The summed E-state index contributed by atoms with van der Waals surface area (Å²) in [6.07, 6.45) is 5.62. The molecule has 96 valence electrons. The maximum atomic E-state index is 7.97. The van der Waals surface area contributed by atoms with Crippen LogP contribution in [0.3, 0.4) is 0 Å². The van der Waals surface area contributed by atoms with E-state index in [1.165, 1.54) is 10.1 Å². The molecule has 0 aliphatic carbocycles. The number of hydrogen-bond donors (Lipinski definition) is 0. The average Bonchev–Trinajstić information content (AvgIpc) is 3.13. The van der Waals surface area contributed by atoms with Gasteiger partial charge in [-0.1, -0.05) is 12.1 Å². The van der Waals surface area contributed by atoms with Gasteiger partial charge in [0.25, 0.3) is 0 Å². The van der Waals surface area contributed by atoms with Gasteiger partial charge in [0, 0.05) is 23.5 Å². The molecule has 0 saturated heterocycles. The van der Waals surface area contributed by atoms with Gasteiger partial charge in [0.2, 0.25) is 0 Å². The van der Waals surface area contributed by atoms with E-state index in [2.05, 4.69) is 9.55 Å². The maximum Gasteiger partial charge on any atom is 0.370 e. The van der Waals surface area contributed by atoms with Gasteiger partial charge in [0.15, 0.2) is 0 Å². The third-order valence-corrected chi connectivity index (χ3v) is 4.10. The highest BCUT2D eigenvalue weighted by Crippen LogP contribution is 2.33. The second-order valence-electron chi connectivity index (χ2n) is 5.13. The minimum atomic E-state index is -2.24. The fourth-order valence-electron chi connectivity index (χ4n) is 3.19. The molecule has 1 aromatic carbocycles. The van der Waals surface area contributed by atoms with Crippen LogP contribution in [0.5, 0.6) is 0 Å². The van der Waals surface area contributed by atoms with E-state index < -0.39 is 6.98 Å². The van der Waals surface area contributed by atoms with Gasteiger partial charge in [-0.2, -0.15) is 4.40 Å². The first-order valence-electron chi connectivity index (χ1n) is 8.04. The Balaban J connectivity index is 1.97. The number of pyridine rings is 1. The molecule has 0 bridgehead atoms. The zero-order valence-electron chi connectivity index (χ0n) is 13.6. The normalized spacial score (nSPS) is 15.9. The molecule has 1 aliphatic rings. The van der Waals surface area contributed by atoms with Gasteiger partial charge in [0.1, 0.15) is 22.9 Å². The van der Waals surface area contributed by atoms with E-state index >= 15 is 0 Å². The molecule has 20 heavy (non-hydrogen) atoms. The van der Waals surface area contributed by atoms with E-state index in [1.807, 2.05) is 47.1 Å². The summed E-state index contributed by atoms with van der Waals surface area (Å²) in [5.74, 6) is 0.678. The largest absolute Gasteiger partial charge is 0.370 e. The van der Waals surface area contributed by atoms with Gasteiger partial charge in [0.05, 0.1) is 17.6 Å². The smallest absolute Gasteiger partial charge is 0.264 e. The van der Waals surface area contributed by atoms with Gasteiger partial charge in [-0.15, -0.1) is 0 Å². The van der Waals surface area contributed by atoms with Crippen molar-refractivity contribution in [3.8, 4) is 11.3 Å². The van der Waals surface area contributed by atoms with Gasteiger partial charge in [-0.25, -0.2) is 9.13 Å². The standard InChI is InChI=1S/C16H13N4/c1-18-13-4-2-3-5-14(13)20-10-15-12-8-17-7-6-11(12)9-19(15)16(18)20/h2-8,10H,9H2,1H3/q+1/i1D3. The summed E-state index contributed by atoms with van der Waals surface area (Å²) in [4.78, 5) is 4.20. The zero-order valence-corrected chi connectivity index (χ0v) is 10.6. The zero-order chi connectivity index (χ0) is 15.8. The summed E-state index contributed by atoms with van der Waals surface area (Å²) < 4.78 is 29.4. The lowest BCUT2D eigenvalue weighted by atomic mass is 10.1. The third-order valence-electron chi connectivity index (χ3n) is 4.10. The van der Waals surface area contributed by atoms with Crippen LogP contribution in [0.25, 0.3) is 28.1 Å². The number of imidazole rings is 2. The van der Waals surface area contributed by atoms with Crippen LogP contribution in [-0.4, -0.2) is 14.0 Å². The predicted molar refractivity (Wildman–Crippen MR) is 76.4 cm³/mol. The van der Waals surface area contributed by atoms with Gasteiger partial charge >= 0.3 is 5.78 Å². The summed E-state index contributed by atoms with van der Waals surface area (Å²) in [5, 5.41) is 0. The van der Waals surface area contributed by atoms with Crippen LogP contribution in [0, 0.1) is 0 Å². The maximum absolute atomic E-state index is 7.97. The Kier molecular flexibility index (Phi) is 1.29. The summed E-state index contributed by atoms with van der Waals surface area (Å²) >= 11 is 0. The van der Waals surface area contributed by atoms with Crippen molar-refractivity contribution >= 4 is 16.8 Å². The number of hydrogen-bond acceptors (Lipinski definition) is 1. The number of para-hydroxylation sites is 2. The molecule has 3 aromatic heterocycles. The fraction of sp³-hybridized carbons (Fsp3) is 0.125. The van der Waals surface area contributed by atoms with Crippen LogP contribution in [0.4, 0.5) is 0 Å². The first kappa shape index (κ1) is 7.85. The minimum Gasteiger partial charge on any atom is -0.264 e. The molecule has 5 rings (SSSR count). The van der Waals surface area contributed by atoms with Crippen LogP contribution < -0.4 is 4.57 Å². The molecule has 1 aliphatic heterocycles. The molecule has 4 heterocycles. The Morgan fingerprint density at radius 2 is 2.25 bits per heavy atom. The Bertz CT molecular complexity index is 1090. The lowest BCUT2D eigenvalue weighted by Crippen LogP contribution is -2.29. The molecule has 0 radical (unpaired) electrons. The average molecular weight is 264 g/mol. The Morgan fingerprint density at radius 1 is 1.30 bits per heavy atom. The van der Waals surface area contributed by atoms with E-state index in [4.69, 9.17) is 4.11 Å². The molecule has 4 nitrogen and oxygen atoms in total. The van der Waals surface area contributed by atoms with Gasteiger partial charge in [-0.3, -0.25) is 4.98 Å². The summed E-state index contributed by atoms with van der Waals surface area (Å²) in [6, 6.07) is 9.58. The van der Waals surface area contributed by atoms with Crippen molar-refractivity contribution in [3.05, 3.63) is 54.5 Å². The monoisotopic (exact) mass is 264 g/mol. The Hall–Kier alpha value is -2.62. The number of rotatable bonds is 0. The quantitative estimate of drug-likeness (QED) is 0.394. The van der Waals surface area contributed by atoms with Crippen molar-refractivity contribution in [3.63, 3.8) is 0 Å². The molecule has 4 aromatic rings. The van der Waals surface area contributed by atoms with E-state index in [0.29, 0.717) is 17.8 Å². The van der Waals surface area contributed by atoms with Crippen LogP contribution in [0.1, 0.15) is 9.68 Å². The molecule has 0 N–H and O–H groups in total. The van der Waals surface area contributed by atoms with E-state index in [1.54, 1.807) is 6.20 Å². The lowest BCUT2D eigenvalue weighted by molar-refractivity contribution is -0.621. The molecular weight excluding hydrogens is 248 g/mol. The number of aryl methyl sites for hydroxylation is 1. The highest BCUT2D eigenvalue weighted by atomic mass is 15.3. The van der Waals surface area contributed by atoms with E-state index in [-0.39, 0.29) is 0 Å². The number of fused-ring (bicyclic) bond motifs is 7. The van der Waals surface area contributed by atoms with Crippen molar-refractivity contribution in [1.29, 1.82) is 0 Å². The summed E-state index contributed by atoms with van der Waals surface area (Å²) in [5.41, 5.74) is 4.85. The van der Waals surface area contributed by atoms with Crippen LogP contribution in [0.15, 0.2) is 48.9 Å². The molecule has 0 amide bonds. The molecule has 0 fully saturated rings. The predicted octanol–water partition coefficient (Wildman–Crippen LogP) is 2.14. The minimum absolute atomic E-state index is 0.663. The van der Waals surface area contributed by atoms with Crippen molar-refractivity contribution in [2.75, 3.05) is 0 Å². The van der Waals surface area contributed by atoms with Gasteiger partial charge < -0.3 is 0 Å². The van der Waals surface area contributed by atoms with Crippen LogP contribution in [0.2, 0.25) is 0 Å². The van der Waals surface area contributed by atoms with E-state index in [9.17, 15) is 0 Å². The first-order chi connectivity index (χ1) is 11.1. The van der Waals surface area contributed by atoms with Crippen molar-refractivity contribution in [2.24, 2.45) is 6.98 Å². The Labute approximate surface area is 119 Å². The molecule has 4 heteroatoms.